The Kier molecular flexibility index (Phi) is 3.17. The van der Waals surface area contributed by atoms with E-state index in [0.717, 1.165) is 11.3 Å². The Morgan fingerprint density at radius 2 is 2.10 bits per heavy atom. The van der Waals surface area contributed by atoms with Gasteiger partial charge in [-0.2, -0.15) is 0 Å². The van der Waals surface area contributed by atoms with Crippen LogP contribution in [0.3, 0.4) is 0 Å². The van der Waals surface area contributed by atoms with E-state index >= 15 is 0 Å². The molecule has 0 saturated heterocycles. The summed E-state index contributed by atoms with van der Waals surface area (Å²) in [5.41, 5.74) is 3.38. The fourth-order valence-corrected chi connectivity index (χ4v) is 5.54. The quantitative estimate of drug-likeness (QED) is 0.577. The van der Waals surface area contributed by atoms with Gasteiger partial charge < -0.3 is 4.90 Å². The number of carbonyl (C=O) groups is 1. The summed E-state index contributed by atoms with van der Waals surface area (Å²) in [4.78, 5) is 15.0. The van der Waals surface area contributed by atoms with Crippen LogP contribution in [0.2, 0.25) is 0 Å². The van der Waals surface area contributed by atoms with Gasteiger partial charge in [-0.3, -0.25) is 4.79 Å². The number of fused-ring (bicyclic) bond motifs is 2. The second-order valence-electron chi connectivity index (χ2n) is 5.18. The predicted octanol–water partition coefficient (Wildman–Crippen LogP) is 4.97. The smallest absolute Gasteiger partial charge is 0.231 e. The van der Waals surface area contributed by atoms with E-state index < -0.39 is 0 Å². The van der Waals surface area contributed by atoms with Crippen molar-refractivity contribution >= 4 is 59.6 Å². The first-order valence-corrected chi connectivity index (χ1v) is 9.25. The molecule has 0 N–H and O–H groups in total. The number of nitrogens with zero attached hydrogens (tertiary/aromatic N) is 1. The normalized spacial score (nSPS) is 15.7. The summed E-state index contributed by atoms with van der Waals surface area (Å²) in [6, 6.07) is 10.8. The van der Waals surface area contributed by atoms with Crippen LogP contribution < -0.4 is 4.90 Å². The maximum Gasteiger partial charge on any atom is 0.231 e. The third kappa shape index (κ3) is 2.15. The van der Waals surface area contributed by atoms with Gasteiger partial charge >= 0.3 is 0 Å². The Morgan fingerprint density at radius 1 is 1.24 bits per heavy atom. The van der Waals surface area contributed by atoms with Crippen molar-refractivity contribution in [1.82, 2.24) is 0 Å². The number of likely N-dealkylation sites (N-methyl/N-ethyl adjacent to an activating group) is 1. The highest BCUT2D eigenvalue weighted by Crippen LogP contribution is 2.41. The van der Waals surface area contributed by atoms with E-state index in [1.165, 1.54) is 19.8 Å². The molecule has 2 nitrogen and oxygen atoms in total. The monoisotopic (exact) mass is 377 g/mol. The first-order chi connectivity index (χ1) is 10.1. The first-order valence-electron chi connectivity index (χ1n) is 6.64. The summed E-state index contributed by atoms with van der Waals surface area (Å²) in [6.45, 7) is 0. The minimum atomic E-state index is 0.171. The fourth-order valence-electron chi connectivity index (χ4n) is 2.72. The van der Waals surface area contributed by atoms with Gasteiger partial charge in [0.1, 0.15) is 0 Å². The minimum Gasteiger partial charge on any atom is -0.315 e. The molecule has 1 aliphatic rings. The standard InChI is InChI=1S/C16H12BrNOS2/c1-18-11-3-2-9(6-10(11)7-15(18)19)16(17)14-8-13-12(21-14)4-5-20-13/h2-6,8,16H,7H2,1H3. The molecule has 0 radical (unpaired) electrons. The van der Waals surface area contributed by atoms with Crippen molar-refractivity contribution in [3.05, 3.63) is 51.7 Å². The predicted molar refractivity (Wildman–Crippen MR) is 94.0 cm³/mol. The van der Waals surface area contributed by atoms with Gasteiger partial charge in [0, 0.05) is 27.0 Å². The van der Waals surface area contributed by atoms with Crippen molar-refractivity contribution in [1.29, 1.82) is 0 Å². The molecule has 0 fully saturated rings. The maximum atomic E-state index is 11.8. The second kappa shape index (κ2) is 4.93. The van der Waals surface area contributed by atoms with E-state index in [1.54, 1.807) is 16.2 Å². The van der Waals surface area contributed by atoms with Crippen molar-refractivity contribution < 1.29 is 4.79 Å². The van der Waals surface area contributed by atoms with Crippen LogP contribution in [0.4, 0.5) is 5.69 Å². The Balaban J connectivity index is 1.72. The number of alkyl halides is 1. The van der Waals surface area contributed by atoms with Gasteiger partial charge in [0.2, 0.25) is 5.91 Å². The van der Waals surface area contributed by atoms with Crippen molar-refractivity contribution in [2.24, 2.45) is 0 Å². The molecule has 106 valence electrons. The molecule has 1 aliphatic heterocycles. The third-order valence-electron chi connectivity index (χ3n) is 3.88. The van der Waals surface area contributed by atoms with Gasteiger partial charge in [0.25, 0.3) is 0 Å². The fraction of sp³-hybridized carbons (Fsp3) is 0.188. The number of anilines is 1. The summed E-state index contributed by atoms with van der Waals surface area (Å²) in [6.07, 6.45) is 0.513. The molecule has 1 unspecified atom stereocenters. The van der Waals surface area contributed by atoms with Crippen LogP contribution in [0.15, 0.2) is 35.7 Å². The molecular weight excluding hydrogens is 366 g/mol. The molecule has 2 aromatic heterocycles. The lowest BCUT2D eigenvalue weighted by atomic mass is 10.1. The molecular formula is C16H12BrNOS2. The lowest BCUT2D eigenvalue weighted by Gasteiger charge is -2.12. The van der Waals surface area contributed by atoms with Gasteiger partial charge in [-0.25, -0.2) is 0 Å². The Bertz CT molecular complexity index is 822. The van der Waals surface area contributed by atoms with Crippen LogP contribution in [0, 0.1) is 0 Å². The molecule has 0 aliphatic carbocycles. The van der Waals surface area contributed by atoms with Gasteiger partial charge in [-0.15, -0.1) is 22.7 Å². The molecule has 1 amide bonds. The highest BCUT2D eigenvalue weighted by molar-refractivity contribution is 9.09. The third-order valence-corrected chi connectivity index (χ3v) is 7.36. The number of carbonyl (C=O) groups excluding carboxylic acids is 1. The number of thiophene rings is 2. The molecule has 0 saturated carbocycles. The number of halogens is 1. The Hall–Kier alpha value is -1.17. The van der Waals surface area contributed by atoms with Crippen LogP contribution in [0.1, 0.15) is 20.8 Å². The summed E-state index contributed by atoms with van der Waals surface area (Å²) in [7, 11) is 1.84. The van der Waals surface area contributed by atoms with Crippen LogP contribution >= 0.6 is 38.6 Å². The van der Waals surface area contributed by atoms with E-state index in [1.807, 2.05) is 18.4 Å². The van der Waals surface area contributed by atoms with Crippen molar-refractivity contribution in [3.8, 4) is 0 Å². The molecule has 5 heteroatoms. The summed E-state index contributed by atoms with van der Waals surface area (Å²) < 4.78 is 2.69. The van der Waals surface area contributed by atoms with Crippen LogP contribution in [-0.2, 0) is 11.2 Å². The van der Waals surface area contributed by atoms with E-state index in [2.05, 4.69) is 51.6 Å². The lowest BCUT2D eigenvalue weighted by molar-refractivity contribution is -0.117. The minimum absolute atomic E-state index is 0.171. The number of amides is 1. The molecule has 3 aromatic rings. The Labute approximate surface area is 139 Å². The maximum absolute atomic E-state index is 11.8. The SMILES string of the molecule is CN1C(=O)Cc2cc(C(Br)c3cc4sccc4s3)ccc21. The van der Waals surface area contributed by atoms with Crippen LogP contribution in [0.5, 0.6) is 0 Å². The van der Waals surface area contributed by atoms with Crippen LogP contribution in [0.25, 0.3) is 9.40 Å². The average molecular weight is 378 g/mol. The molecule has 1 aromatic carbocycles. The molecule has 21 heavy (non-hydrogen) atoms. The summed E-state index contributed by atoms with van der Waals surface area (Å²) in [5.74, 6) is 0.171. The molecule has 1 atom stereocenters. The van der Waals surface area contributed by atoms with Gasteiger partial charge in [0.15, 0.2) is 0 Å². The topological polar surface area (TPSA) is 20.3 Å². The van der Waals surface area contributed by atoms with E-state index in [9.17, 15) is 4.79 Å². The van der Waals surface area contributed by atoms with Crippen LogP contribution in [-0.4, -0.2) is 13.0 Å². The highest BCUT2D eigenvalue weighted by atomic mass is 79.9. The van der Waals surface area contributed by atoms with Crippen molar-refractivity contribution in [2.45, 2.75) is 11.2 Å². The van der Waals surface area contributed by atoms with E-state index in [-0.39, 0.29) is 10.7 Å². The largest absolute Gasteiger partial charge is 0.315 e. The number of benzene rings is 1. The average Bonchev–Trinajstić information content (AvgIpc) is 3.12. The van der Waals surface area contributed by atoms with Gasteiger partial charge in [-0.05, 0) is 34.7 Å². The molecule has 0 spiro atoms. The zero-order chi connectivity index (χ0) is 14.6. The molecule has 4 rings (SSSR count). The molecule has 3 heterocycles. The Morgan fingerprint density at radius 3 is 2.90 bits per heavy atom. The van der Waals surface area contributed by atoms with Crippen molar-refractivity contribution in [3.63, 3.8) is 0 Å². The summed E-state index contributed by atoms with van der Waals surface area (Å²) >= 11 is 7.42. The second-order valence-corrected chi connectivity index (χ2v) is 8.16. The summed E-state index contributed by atoms with van der Waals surface area (Å²) in [5, 5.41) is 2.13. The number of hydrogen-bond acceptors (Lipinski definition) is 3. The zero-order valence-electron chi connectivity index (χ0n) is 11.3. The van der Waals surface area contributed by atoms with Gasteiger partial charge in [0.05, 0.1) is 11.2 Å². The molecule has 0 bridgehead atoms. The van der Waals surface area contributed by atoms with E-state index in [4.69, 9.17) is 0 Å². The highest BCUT2D eigenvalue weighted by Gasteiger charge is 2.25. The lowest BCUT2D eigenvalue weighted by Crippen LogP contribution is -2.20. The number of rotatable bonds is 2. The van der Waals surface area contributed by atoms with Crippen molar-refractivity contribution in [2.75, 3.05) is 11.9 Å². The van der Waals surface area contributed by atoms with Gasteiger partial charge in [-0.1, -0.05) is 28.1 Å². The first kappa shape index (κ1) is 13.5. The van der Waals surface area contributed by atoms with E-state index in [0.29, 0.717) is 6.42 Å². The zero-order valence-corrected chi connectivity index (χ0v) is 14.5. The number of hydrogen-bond donors (Lipinski definition) is 0.